The van der Waals surface area contributed by atoms with E-state index < -0.39 is 5.82 Å². The van der Waals surface area contributed by atoms with E-state index in [0.29, 0.717) is 18.9 Å². The van der Waals surface area contributed by atoms with Crippen molar-refractivity contribution < 1.29 is 9.18 Å². The highest BCUT2D eigenvalue weighted by atomic mass is 35.5. The normalized spacial score (nSPS) is 22.4. The molecule has 0 aliphatic carbocycles. The molecule has 6 heteroatoms. The summed E-state index contributed by atoms with van der Waals surface area (Å²) in [6.07, 6.45) is 1.34. The molecule has 21 heavy (non-hydrogen) atoms. The molecule has 2 unspecified atom stereocenters. The number of carbonyl (C=O) groups excluding carboxylic acids is 1. The Kier molecular flexibility index (Phi) is 7.08. The molecule has 1 heterocycles. The molecule has 0 saturated carbocycles. The highest BCUT2D eigenvalue weighted by Gasteiger charge is 2.23. The molecule has 0 bridgehead atoms. The van der Waals surface area contributed by atoms with Crippen LogP contribution in [0.2, 0.25) is 0 Å². The maximum absolute atomic E-state index is 13.4. The Labute approximate surface area is 131 Å². The molecule has 1 aromatic rings. The van der Waals surface area contributed by atoms with Crippen molar-refractivity contribution in [1.29, 1.82) is 0 Å². The van der Waals surface area contributed by atoms with Crippen LogP contribution in [-0.2, 0) is 4.79 Å². The van der Waals surface area contributed by atoms with Gasteiger partial charge in [-0.1, -0.05) is 19.1 Å². The molecule has 4 nitrogen and oxygen atoms in total. The van der Waals surface area contributed by atoms with Crippen molar-refractivity contribution in [2.45, 2.75) is 25.8 Å². The van der Waals surface area contributed by atoms with Crippen LogP contribution in [0.15, 0.2) is 24.3 Å². The summed E-state index contributed by atoms with van der Waals surface area (Å²) in [6, 6.07) is 6.47. The van der Waals surface area contributed by atoms with Crippen molar-refractivity contribution in [3.63, 3.8) is 0 Å². The Balaban J connectivity index is 0.00000220. The van der Waals surface area contributed by atoms with Gasteiger partial charge < -0.3 is 16.0 Å². The Morgan fingerprint density at radius 1 is 1.48 bits per heavy atom. The number of hydrogen-bond acceptors (Lipinski definition) is 3. The molecule has 3 N–H and O–H groups in total. The van der Waals surface area contributed by atoms with Gasteiger partial charge in [0.1, 0.15) is 5.82 Å². The number of rotatable bonds is 4. The van der Waals surface area contributed by atoms with Crippen molar-refractivity contribution in [1.82, 2.24) is 4.90 Å². The number of amides is 1. The van der Waals surface area contributed by atoms with Crippen LogP contribution in [-0.4, -0.2) is 36.5 Å². The Bertz CT molecular complexity index is 472. The summed E-state index contributed by atoms with van der Waals surface area (Å²) in [7, 11) is 0. The minimum absolute atomic E-state index is 0. The molecule has 2 atom stereocenters. The summed E-state index contributed by atoms with van der Waals surface area (Å²) < 4.78 is 13.4. The zero-order chi connectivity index (χ0) is 14.5. The van der Waals surface area contributed by atoms with E-state index >= 15 is 0 Å². The van der Waals surface area contributed by atoms with Crippen molar-refractivity contribution in [2.75, 3.05) is 25.0 Å². The Morgan fingerprint density at radius 2 is 2.19 bits per heavy atom. The predicted octanol–water partition coefficient (Wildman–Crippen LogP) is 2.25. The summed E-state index contributed by atoms with van der Waals surface area (Å²) in [5.74, 6) is -0.102. The second kappa shape index (κ2) is 8.32. The van der Waals surface area contributed by atoms with Gasteiger partial charge in [0.25, 0.3) is 0 Å². The van der Waals surface area contributed by atoms with E-state index in [1.54, 1.807) is 18.2 Å². The van der Waals surface area contributed by atoms with Gasteiger partial charge in [0.05, 0.1) is 5.69 Å². The topological polar surface area (TPSA) is 58.4 Å². The number of para-hydroxylation sites is 1. The average Bonchev–Trinajstić information content (AvgIpc) is 2.43. The van der Waals surface area contributed by atoms with E-state index in [2.05, 4.69) is 17.1 Å². The largest absolute Gasteiger partial charge is 0.327 e. The molecule has 1 amide bonds. The van der Waals surface area contributed by atoms with Crippen LogP contribution in [0, 0.1) is 11.7 Å². The number of halogens is 2. The van der Waals surface area contributed by atoms with Crippen molar-refractivity contribution in [2.24, 2.45) is 11.7 Å². The van der Waals surface area contributed by atoms with Crippen LogP contribution in [0.1, 0.15) is 19.8 Å². The number of nitrogens with zero attached hydrogens (tertiary/aromatic N) is 1. The van der Waals surface area contributed by atoms with Gasteiger partial charge in [0.2, 0.25) is 5.91 Å². The minimum atomic E-state index is -0.404. The second-order valence-corrected chi connectivity index (χ2v) is 5.51. The molecule has 1 saturated heterocycles. The first-order valence-corrected chi connectivity index (χ1v) is 7.08. The average molecular weight is 316 g/mol. The van der Waals surface area contributed by atoms with Gasteiger partial charge in [-0.3, -0.25) is 4.79 Å². The number of nitrogens with two attached hydrogens (primary N) is 1. The van der Waals surface area contributed by atoms with E-state index in [-0.39, 0.29) is 30.0 Å². The van der Waals surface area contributed by atoms with Crippen LogP contribution in [0.5, 0.6) is 0 Å². The number of benzene rings is 1. The second-order valence-electron chi connectivity index (χ2n) is 5.51. The van der Waals surface area contributed by atoms with E-state index in [0.717, 1.165) is 19.5 Å². The fourth-order valence-electron chi connectivity index (χ4n) is 2.49. The van der Waals surface area contributed by atoms with Gasteiger partial charge >= 0.3 is 0 Å². The summed E-state index contributed by atoms with van der Waals surface area (Å²) in [5, 5.41) is 2.60. The lowest BCUT2D eigenvalue weighted by molar-refractivity contribution is -0.116. The number of nitrogens with one attached hydrogen (secondary N) is 1. The van der Waals surface area contributed by atoms with E-state index in [1.807, 2.05) is 0 Å². The van der Waals surface area contributed by atoms with Gasteiger partial charge in [-0.15, -0.1) is 12.4 Å². The van der Waals surface area contributed by atoms with Gasteiger partial charge in [0.15, 0.2) is 0 Å². The lowest BCUT2D eigenvalue weighted by Gasteiger charge is -2.34. The Morgan fingerprint density at radius 3 is 2.86 bits per heavy atom. The first-order valence-electron chi connectivity index (χ1n) is 7.08. The quantitative estimate of drug-likeness (QED) is 0.896. The number of anilines is 1. The zero-order valence-electron chi connectivity index (χ0n) is 12.2. The SMILES string of the molecule is CC1CN(CCC(=O)Nc2ccccc2F)CCC1N.Cl. The van der Waals surface area contributed by atoms with Crippen molar-refractivity contribution >= 4 is 24.0 Å². The fourth-order valence-corrected chi connectivity index (χ4v) is 2.49. The summed E-state index contributed by atoms with van der Waals surface area (Å²) in [6.45, 7) is 4.68. The van der Waals surface area contributed by atoms with E-state index in [9.17, 15) is 9.18 Å². The predicted molar refractivity (Wildman–Crippen MR) is 85.1 cm³/mol. The van der Waals surface area contributed by atoms with Gasteiger partial charge in [-0.25, -0.2) is 4.39 Å². The van der Waals surface area contributed by atoms with Crippen LogP contribution in [0.4, 0.5) is 10.1 Å². The third kappa shape index (κ3) is 5.26. The maximum atomic E-state index is 13.4. The van der Waals surface area contributed by atoms with Gasteiger partial charge in [-0.2, -0.15) is 0 Å². The van der Waals surface area contributed by atoms with Crippen LogP contribution < -0.4 is 11.1 Å². The number of likely N-dealkylation sites (tertiary alicyclic amines) is 1. The lowest BCUT2D eigenvalue weighted by Crippen LogP contribution is -2.46. The number of carbonyl (C=O) groups is 1. The lowest BCUT2D eigenvalue weighted by atomic mass is 9.95. The number of piperidine rings is 1. The minimum Gasteiger partial charge on any atom is -0.327 e. The first kappa shape index (κ1) is 17.9. The maximum Gasteiger partial charge on any atom is 0.225 e. The highest BCUT2D eigenvalue weighted by Crippen LogP contribution is 2.16. The molecular weight excluding hydrogens is 293 g/mol. The molecular formula is C15H23ClFN3O. The standard InChI is InChI=1S/C15H22FN3O.ClH/c1-11-10-19(8-6-13(11)17)9-7-15(20)18-14-5-3-2-4-12(14)16;/h2-5,11,13H,6-10,17H2,1H3,(H,18,20);1H. The third-order valence-corrected chi connectivity index (χ3v) is 3.86. The molecule has 1 aliphatic rings. The van der Waals surface area contributed by atoms with Crippen molar-refractivity contribution in [3.8, 4) is 0 Å². The van der Waals surface area contributed by atoms with Crippen LogP contribution in [0.25, 0.3) is 0 Å². The summed E-state index contributed by atoms with van der Waals surface area (Å²) in [5.41, 5.74) is 6.21. The third-order valence-electron chi connectivity index (χ3n) is 3.86. The van der Waals surface area contributed by atoms with E-state index in [4.69, 9.17) is 5.73 Å². The van der Waals surface area contributed by atoms with Gasteiger partial charge in [0, 0.05) is 25.6 Å². The molecule has 0 radical (unpaired) electrons. The molecule has 0 spiro atoms. The molecule has 0 aromatic heterocycles. The summed E-state index contributed by atoms with van der Waals surface area (Å²) >= 11 is 0. The van der Waals surface area contributed by atoms with Gasteiger partial charge in [-0.05, 0) is 31.0 Å². The number of hydrogen-bond donors (Lipinski definition) is 2. The van der Waals surface area contributed by atoms with E-state index in [1.165, 1.54) is 6.07 Å². The van der Waals surface area contributed by atoms with Crippen molar-refractivity contribution in [3.05, 3.63) is 30.1 Å². The zero-order valence-corrected chi connectivity index (χ0v) is 13.0. The molecule has 2 rings (SSSR count). The monoisotopic (exact) mass is 315 g/mol. The fraction of sp³-hybridized carbons (Fsp3) is 0.533. The first-order chi connectivity index (χ1) is 9.56. The van der Waals surface area contributed by atoms with Crippen LogP contribution >= 0.6 is 12.4 Å². The molecule has 1 aromatic carbocycles. The smallest absolute Gasteiger partial charge is 0.225 e. The molecule has 118 valence electrons. The highest BCUT2D eigenvalue weighted by molar-refractivity contribution is 5.90. The summed E-state index contributed by atoms with van der Waals surface area (Å²) in [4.78, 5) is 14.1. The molecule has 1 fully saturated rings. The molecule has 1 aliphatic heterocycles. The Hall–Kier alpha value is -1.17. The van der Waals surface area contributed by atoms with Crippen LogP contribution in [0.3, 0.4) is 0 Å².